The predicted octanol–water partition coefficient (Wildman–Crippen LogP) is 3.28. The summed E-state index contributed by atoms with van der Waals surface area (Å²) in [5.74, 6) is -1.12. The van der Waals surface area contributed by atoms with E-state index in [1.54, 1.807) is 4.90 Å². The molecule has 6 nitrogen and oxygen atoms in total. The van der Waals surface area contributed by atoms with Gasteiger partial charge in [0.25, 0.3) is 0 Å². The number of hydrogen-bond acceptors (Lipinski definition) is 3. The second-order valence-corrected chi connectivity index (χ2v) is 10.4. The highest BCUT2D eigenvalue weighted by atomic mass is 32.2. The van der Waals surface area contributed by atoms with Gasteiger partial charge in [-0.25, -0.2) is 26.7 Å². The Morgan fingerprint density at radius 3 is 2.47 bits per heavy atom. The third-order valence-corrected chi connectivity index (χ3v) is 7.09. The molecule has 2 aliphatic rings. The fourth-order valence-corrected chi connectivity index (χ4v) is 5.39. The number of carbonyl (C=O) groups is 1. The van der Waals surface area contributed by atoms with Gasteiger partial charge < -0.3 is 10.2 Å². The second kappa shape index (κ2) is 9.60. The molecular formula is C21H31F2N3O3S. The molecule has 0 unspecified atom stereocenters. The smallest absolute Gasteiger partial charge is 0.317 e. The Hall–Kier alpha value is -1.74. The molecule has 30 heavy (non-hydrogen) atoms. The summed E-state index contributed by atoms with van der Waals surface area (Å²) in [7, 11) is -3.27. The van der Waals surface area contributed by atoms with Crippen molar-refractivity contribution >= 4 is 16.1 Å². The van der Waals surface area contributed by atoms with Gasteiger partial charge in [-0.2, -0.15) is 0 Å². The first-order chi connectivity index (χ1) is 14.2. The molecule has 1 aliphatic carbocycles. The number of rotatable bonds is 7. The van der Waals surface area contributed by atoms with Crippen LogP contribution >= 0.6 is 0 Å². The highest BCUT2D eigenvalue weighted by Crippen LogP contribution is 2.42. The van der Waals surface area contributed by atoms with Crippen molar-refractivity contribution < 1.29 is 22.0 Å². The van der Waals surface area contributed by atoms with Gasteiger partial charge >= 0.3 is 6.03 Å². The zero-order chi connectivity index (χ0) is 21.8. The van der Waals surface area contributed by atoms with E-state index in [9.17, 15) is 22.0 Å². The number of amides is 2. The van der Waals surface area contributed by atoms with Crippen LogP contribution in [-0.2, 0) is 15.4 Å². The van der Waals surface area contributed by atoms with Crippen molar-refractivity contribution in [2.24, 2.45) is 0 Å². The highest BCUT2D eigenvalue weighted by Gasteiger charge is 2.40. The van der Waals surface area contributed by atoms with E-state index in [4.69, 9.17) is 0 Å². The van der Waals surface area contributed by atoms with E-state index in [0.717, 1.165) is 38.4 Å². The molecule has 0 radical (unpaired) electrons. The quantitative estimate of drug-likeness (QED) is 0.679. The van der Waals surface area contributed by atoms with Crippen molar-refractivity contribution in [3.05, 3.63) is 35.4 Å². The van der Waals surface area contributed by atoms with Crippen LogP contribution < -0.4 is 10.0 Å². The van der Waals surface area contributed by atoms with E-state index in [1.807, 2.05) is 0 Å². The molecule has 168 valence electrons. The van der Waals surface area contributed by atoms with Crippen LogP contribution in [0.5, 0.6) is 0 Å². The summed E-state index contributed by atoms with van der Waals surface area (Å²) >= 11 is 0. The fourth-order valence-electron chi connectivity index (χ4n) is 4.90. The van der Waals surface area contributed by atoms with E-state index in [2.05, 4.69) is 10.0 Å². The first-order valence-corrected chi connectivity index (χ1v) is 12.5. The molecule has 1 aromatic carbocycles. The minimum absolute atomic E-state index is 0.0577. The third kappa shape index (κ3) is 5.49. The summed E-state index contributed by atoms with van der Waals surface area (Å²) in [6, 6.07) is 3.60. The number of halogens is 2. The number of nitrogens with one attached hydrogen (secondary N) is 2. The maximum absolute atomic E-state index is 14.5. The van der Waals surface area contributed by atoms with Crippen molar-refractivity contribution in [1.29, 1.82) is 0 Å². The summed E-state index contributed by atoms with van der Waals surface area (Å²) in [5, 5.41) is 2.94. The van der Waals surface area contributed by atoms with Gasteiger partial charge in [-0.3, -0.25) is 0 Å². The Morgan fingerprint density at radius 1 is 1.17 bits per heavy atom. The van der Waals surface area contributed by atoms with Crippen LogP contribution in [0.2, 0.25) is 0 Å². The molecule has 2 fully saturated rings. The maximum Gasteiger partial charge on any atom is 0.317 e. The van der Waals surface area contributed by atoms with Gasteiger partial charge in [0, 0.05) is 36.7 Å². The standard InChI is InChI=1S/C21H31F2N3O3S/c1-30(28,29)25-13-10-16-7-2-5-14-26(16)20(27)24-15-21(11-3-4-12-21)19-17(22)8-6-9-18(19)23/h6,8-9,16,25H,2-5,7,10-15H2,1H3,(H,24,27)/t16-/m1/s1. The number of benzene rings is 1. The van der Waals surface area contributed by atoms with Crippen LogP contribution in [-0.4, -0.2) is 51.3 Å². The lowest BCUT2D eigenvalue weighted by Crippen LogP contribution is -2.52. The Bertz CT molecular complexity index is 837. The van der Waals surface area contributed by atoms with Gasteiger partial charge in [0.05, 0.1) is 6.26 Å². The number of piperidine rings is 1. The van der Waals surface area contributed by atoms with E-state index in [0.29, 0.717) is 25.8 Å². The van der Waals surface area contributed by atoms with Crippen molar-refractivity contribution in [3.63, 3.8) is 0 Å². The fraction of sp³-hybridized carbons (Fsp3) is 0.667. The summed E-state index contributed by atoms with van der Waals surface area (Å²) in [4.78, 5) is 14.7. The van der Waals surface area contributed by atoms with E-state index < -0.39 is 27.1 Å². The summed E-state index contributed by atoms with van der Waals surface area (Å²) in [6.07, 6.45) is 7.33. The zero-order valence-electron chi connectivity index (χ0n) is 17.4. The molecule has 1 heterocycles. The van der Waals surface area contributed by atoms with E-state index in [1.165, 1.54) is 18.2 Å². The lowest BCUT2D eigenvalue weighted by Gasteiger charge is -2.37. The Kier molecular flexibility index (Phi) is 7.34. The van der Waals surface area contributed by atoms with Crippen LogP contribution in [0.3, 0.4) is 0 Å². The molecule has 0 bridgehead atoms. The topological polar surface area (TPSA) is 78.5 Å². The van der Waals surface area contributed by atoms with Gasteiger partial charge in [-0.05, 0) is 50.7 Å². The van der Waals surface area contributed by atoms with Crippen molar-refractivity contribution in [1.82, 2.24) is 14.9 Å². The minimum atomic E-state index is -3.27. The minimum Gasteiger partial charge on any atom is -0.337 e. The van der Waals surface area contributed by atoms with Crippen LogP contribution in [0.15, 0.2) is 18.2 Å². The molecular weight excluding hydrogens is 412 g/mol. The Labute approximate surface area is 177 Å². The summed E-state index contributed by atoms with van der Waals surface area (Å²) in [5.41, 5.74) is -0.649. The Morgan fingerprint density at radius 2 is 1.83 bits per heavy atom. The Balaban J connectivity index is 1.67. The number of urea groups is 1. The molecule has 3 rings (SSSR count). The summed E-state index contributed by atoms with van der Waals surface area (Å²) < 4.78 is 54.1. The first kappa shape index (κ1) is 22.9. The molecule has 0 spiro atoms. The number of nitrogens with zero attached hydrogens (tertiary/aromatic N) is 1. The molecule has 0 aromatic heterocycles. The predicted molar refractivity (Wildman–Crippen MR) is 112 cm³/mol. The lowest BCUT2D eigenvalue weighted by molar-refractivity contribution is 0.144. The molecule has 2 N–H and O–H groups in total. The van der Waals surface area contributed by atoms with Gasteiger partial charge in [-0.15, -0.1) is 0 Å². The molecule has 1 saturated carbocycles. The average molecular weight is 444 g/mol. The normalized spacial score (nSPS) is 21.6. The highest BCUT2D eigenvalue weighted by molar-refractivity contribution is 7.88. The average Bonchev–Trinajstić information content (AvgIpc) is 3.15. The zero-order valence-corrected chi connectivity index (χ0v) is 18.2. The van der Waals surface area contributed by atoms with Gasteiger partial charge in [-0.1, -0.05) is 18.9 Å². The van der Waals surface area contributed by atoms with Crippen molar-refractivity contribution in [3.8, 4) is 0 Å². The first-order valence-electron chi connectivity index (χ1n) is 10.7. The molecule has 1 aromatic rings. The van der Waals surface area contributed by atoms with E-state index in [-0.39, 0.29) is 30.7 Å². The van der Waals surface area contributed by atoms with Crippen molar-refractivity contribution in [2.75, 3.05) is 25.9 Å². The van der Waals surface area contributed by atoms with Crippen LogP contribution in [0.4, 0.5) is 13.6 Å². The van der Waals surface area contributed by atoms with Crippen LogP contribution in [0, 0.1) is 11.6 Å². The second-order valence-electron chi connectivity index (χ2n) is 8.54. The summed E-state index contributed by atoms with van der Waals surface area (Å²) in [6.45, 7) is 1.06. The molecule has 1 atom stereocenters. The molecule has 9 heteroatoms. The van der Waals surface area contributed by atoms with Crippen molar-refractivity contribution in [2.45, 2.75) is 62.8 Å². The monoisotopic (exact) mass is 443 g/mol. The number of sulfonamides is 1. The molecule has 2 amide bonds. The van der Waals surface area contributed by atoms with E-state index >= 15 is 0 Å². The third-order valence-electron chi connectivity index (χ3n) is 6.36. The van der Waals surface area contributed by atoms with Gasteiger partial charge in [0.15, 0.2) is 0 Å². The van der Waals surface area contributed by atoms with Crippen LogP contribution in [0.25, 0.3) is 0 Å². The lowest BCUT2D eigenvalue weighted by atomic mass is 9.78. The maximum atomic E-state index is 14.5. The van der Waals surface area contributed by atoms with Crippen LogP contribution in [0.1, 0.15) is 56.9 Å². The van der Waals surface area contributed by atoms with Gasteiger partial charge in [0.1, 0.15) is 11.6 Å². The van der Waals surface area contributed by atoms with Gasteiger partial charge in [0.2, 0.25) is 10.0 Å². The molecule has 1 saturated heterocycles. The molecule has 1 aliphatic heterocycles. The largest absolute Gasteiger partial charge is 0.337 e. The number of carbonyl (C=O) groups excluding carboxylic acids is 1. The number of likely N-dealkylation sites (tertiary alicyclic amines) is 1. The SMILES string of the molecule is CS(=O)(=O)NCC[C@H]1CCCCN1C(=O)NCC1(c2c(F)cccc2F)CCCC1. The number of hydrogen-bond donors (Lipinski definition) is 2.